The minimum atomic E-state index is 0.160. The normalized spacial score (nSPS) is 18.9. The fourth-order valence-corrected chi connectivity index (χ4v) is 4.63. The van der Waals surface area contributed by atoms with Crippen LogP contribution in [0.1, 0.15) is 44.4 Å². The van der Waals surface area contributed by atoms with Gasteiger partial charge >= 0.3 is 0 Å². The summed E-state index contributed by atoms with van der Waals surface area (Å²) < 4.78 is 0.863. The van der Waals surface area contributed by atoms with Gasteiger partial charge in [-0.15, -0.1) is 11.3 Å². The molecule has 0 spiro atoms. The molecule has 0 aromatic carbocycles. The van der Waals surface area contributed by atoms with Crippen molar-refractivity contribution in [2.75, 3.05) is 13.1 Å². The van der Waals surface area contributed by atoms with Crippen LogP contribution in [0.4, 0.5) is 0 Å². The maximum absolute atomic E-state index is 6.62. The largest absolute Gasteiger partial charge is 0.326 e. The molecule has 19 heavy (non-hydrogen) atoms. The zero-order chi connectivity index (χ0) is 13.9. The van der Waals surface area contributed by atoms with E-state index in [1.54, 1.807) is 11.3 Å². The van der Waals surface area contributed by atoms with Crippen LogP contribution in [-0.4, -0.2) is 29.6 Å². The van der Waals surface area contributed by atoms with E-state index >= 15 is 0 Å². The Morgan fingerprint density at radius 3 is 2.42 bits per heavy atom. The van der Waals surface area contributed by atoms with E-state index in [0.29, 0.717) is 0 Å². The second-order valence-electron chi connectivity index (χ2n) is 5.52. The molecule has 1 unspecified atom stereocenters. The Balaban J connectivity index is 2.13. The van der Waals surface area contributed by atoms with Crippen molar-refractivity contribution in [1.29, 1.82) is 0 Å². The van der Waals surface area contributed by atoms with Crippen LogP contribution in [0.3, 0.4) is 0 Å². The highest BCUT2D eigenvalue weighted by Crippen LogP contribution is 2.33. The van der Waals surface area contributed by atoms with Crippen molar-refractivity contribution in [3.63, 3.8) is 0 Å². The van der Waals surface area contributed by atoms with Gasteiger partial charge in [0, 0.05) is 16.5 Å². The van der Waals surface area contributed by atoms with E-state index in [-0.39, 0.29) is 11.6 Å². The molecule has 108 valence electrons. The van der Waals surface area contributed by atoms with Crippen LogP contribution in [0.15, 0.2) is 12.1 Å². The van der Waals surface area contributed by atoms with Gasteiger partial charge in [-0.3, -0.25) is 4.90 Å². The second kappa shape index (κ2) is 6.57. The molecule has 2 rings (SSSR count). The van der Waals surface area contributed by atoms with Crippen molar-refractivity contribution in [2.24, 2.45) is 5.73 Å². The standard InChI is InChI=1S/C15H25ClN2S/c1-3-15(4-2,18-9-5-6-10-18)13(17)11-12-7-8-14(16)19-12/h7-8,13H,3-6,9-11,17H2,1-2H3. The molecule has 1 aliphatic rings. The Hall–Kier alpha value is -0.0900. The molecule has 0 aliphatic carbocycles. The molecule has 1 aromatic rings. The van der Waals surface area contributed by atoms with Gasteiger partial charge < -0.3 is 5.73 Å². The molecule has 0 saturated carbocycles. The first-order valence-electron chi connectivity index (χ1n) is 7.37. The summed E-state index contributed by atoms with van der Waals surface area (Å²) in [5.74, 6) is 0. The molecule has 2 heterocycles. The Morgan fingerprint density at radius 2 is 1.95 bits per heavy atom. The fraction of sp³-hybridized carbons (Fsp3) is 0.733. The molecule has 2 nitrogen and oxygen atoms in total. The van der Waals surface area contributed by atoms with Crippen LogP contribution in [-0.2, 0) is 6.42 Å². The monoisotopic (exact) mass is 300 g/mol. The van der Waals surface area contributed by atoms with Gasteiger partial charge in [-0.05, 0) is 57.3 Å². The lowest BCUT2D eigenvalue weighted by Crippen LogP contribution is -2.59. The summed E-state index contributed by atoms with van der Waals surface area (Å²) in [7, 11) is 0. The summed E-state index contributed by atoms with van der Waals surface area (Å²) in [4.78, 5) is 3.94. The van der Waals surface area contributed by atoms with E-state index in [1.165, 1.54) is 30.8 Å². The molecule has 0 amide bonds. The summed E-state index contributed by atoms with van der Waals surface area (Å²) in [5.41, 5.74) is 6.78. The number of thiophene rings is 1. The topological polar surface area (TPSA) is 29.3 Å². The smallest absolute Gasteiger partial charge is 0.0931 e. The van der Waals surface area contributed by atoms with Gasteiger partial charge in [0.25, 0.3) is 0 Å². The minimum absolute atomic E-state index is 0.160. The van der Waals surface area contributed by atoms with Crippen LogP contribution < -0.4 is 5.73 Å². The Morgan fingerprint density at radius 1 is 1.32 bits per heavy atom. The van der Waals surface area contributed by atoms with E-state index in [2.05, 4.69) is 24.8 Å². The number of halogens is 1. The van der Waals surface area contributed by atoms with Gasteiger partial charge in [-0.2, -0.15) is 0 Å². The van der Waals surface area contributed by atoms with E-state index in [4.69, 9.17) is 17.3 Å². The SMILES string of the molecule is CCC(CC)(C(N)Cc1ccc(Cl)s1)N1CCCC1. The second-order valence-corrected chi connectivity index (χ2v) is 7.32. The average molecular weight is 301 g/mol. The van der Waals surface area contributed by atoms with Crippen LogP contribution in [0, 0.1) is 0 Å². The average Bonchev–Trinajstić information content (AvgIpc) is 3.04. The number of nitrogens with two attached hydrogens (primary N) is 1. The molecule has 0 bridgehead atoms. The van der Waals surface area contributed by atoms with Gasteiger partial charge in [0.05, 0.1) is 4.34 Å². The predicted molar refractivity (Wildman–Crippen MR) is 85.1 cm³/mol. The first kappa shape index (κ1) is 15.3. The van der Waals surface area contributed by atoms with Crippen molar-refractivity contribution < 1.29 is 0 Å². The van der Waals surface area contributed by atoms with Crippen LogP contribution in [0.25, 0.3) is 0 Å². The molecular formula is C15H25ClN2S. The molecule has 4 heteroatoms. The third kappa shape index (κ3) is 3.15. The first-order valence-corrected chi connectivity index (χ1v) is 8.56. The first-order chi connectivity index (χ1) is 9.12. The quantitative estimate of drug-likeness (QED) is 0.862. The summed E-state index contributed by atoms with van der Waals surface area (Å²) in [5, 5.41) is 0. The molecule has 1 fully saturated rings. The highest BCUT2D eigenvalue weighted by atomic mass is 35.5. The van der Waals surface area contributed by atoms with Gasteiger partial charge in [0.15, 0.2) is 0 Å². The van der Waals surface area contributed by atoms with Crippen molar-refractivity contribution >= 4 is 22.9 Å². The number of hydrogen-bond donors (Lipinski definition) is 1. The number of rotatable bonds is 6. The third-order valence-electron chi connectivity index (χ3n) is 4.70. The van der Waals surface area contributed by atoms with Gasteiger partial charge in [-0.1, -0.05) is 25.4 Å². The predicted octanol–water partition coefficient (Wildman–Crippen LogP) is 3.93. The zero-order valence-corrected chi connectivity index (χ0v) is 13.6. The zero-order valence-electron chi connectivity index (χ0n) is 12.0. The van der Waals surface area contributed by atoms with Gasteiger partial charge in [0.1, 0.15) is 0 Å². The Bertz CT molecular complexity index is 395. The van der Waals surface area contributed by atoms with E-state index in [1.807, 2.05) is 6.07 Å². The number of nitrogens with zero attached hydrogens (tertiary/aromatic N) is 1. The van der Waals surface area contributed by atoms with Gasteiger partial charge in [-0.25, -0.2) is 0 Å². The lowest BCUT2D eigenvalue weighted by molar-refractivity contribution is 0.0771. The number of likely N-dealkylation sites (tertiary alicyclic amines) is 1. The fourth-order valence-electron chi connectivity index (χ4n) is 3.49. The molecule has 2 N–H and O–H groups in total. The Kier molecular flexibility index (Phi) is 5.29. The highest BCUT2D eigenvalue weighted by molar-refractivity contribution is 7.16. The molecule has 1 atom stereocenters. The minimum Gasteiger partial charge on any atom is -0.326 e. The molecule has 1 aliphatic heterocycles. The summed E-state index contributed by atoms with van der Waals surface area (Å²) in [6, 6.07) is 4.28. The van der Waals surface area contributed by atoms with Crippen molar-refractivity contribution in [1.82, 2.24) is 4.90 Å². The molecule has 1 saturated heterocycles. The van der Waals surface area contributed by atoms with Crippen molar-refractivity contribution in [2.45, 2.75) is 57.5 Å². The summed E-state index contributed by atoms with van der Waals surface area (Å²) in [6.45, 7) is 6.98. The lowest BCUT2D eigenvalue weighted by Gasteiger charge is -2.45. The summed E-state index contributed by atoms with van der Waals surface area (Å²) >= 11 is 7.68. The maximum atomic E-state index is 6.62. The van der Waals surface area contributed by atoms with Crippen LogP contribution in [0.5, 0.6) is 0 Å². The third-order valence-corrected chi connectivity index (χ3v) is 5.95. The van der Waals surface area contributed by atoms with Crippen LogP contribution >= 0.6 is 22.9 Å². The molecular weight excluding hydrogens is 276 g/mol. The molecule has 1 aromatic heterocycles. The maximum Gasteiger partial charge on any atom is 0.0931 e. The number of hydrogen-bond acceptors (Lipinski definition) is 3. The Labute approximate surface area is 125 Å². The van der Waals surface area contributed by atoms with Crippen molar-refractivity contribution in [3.8, 4) is 0 Å². The van der Waals surface area contributed by atoms with Gasteiger partial charge in [0.2, 0.25) is 0 Å². The highest BCUT2D eigenvalue weighted by Gasteiger charge is 2.40. The summed E-state index contributed by atoms with van der Waals surface area (Å²) in [6.07, 6.45) is 5.84. The van der Waals surface area contributed by atoms with Crippen molar-refractivity contribution in [3.05, 3.63) is 21.3 Å². The van der Waals surface area contributed by atoms with E-state index in [0.717, 1.165) is 23.6 Å². The van der Waals surface area contributed by atoms with E-state index in [9.17, 15) is 0 Å². The van der Waals surface area contributed by atoms with Crippen LogP contribution in [0.2, 0.25) is 4.34 Å². The van der Waals surface area contributed by atoms with E-state index < -0.39 is 0 Å². The molecule has 0 radical (unpaired) electrons. The lowest BCUT2D eigenvalue weighted by atomic mass is 9.81.